The van der Waals surface area contributed by atoms with Crippen molar-refractivity contribution in [3.63, 3.8) is 0 Å². The molecule has 3 atom stereocenters. The standard InChI is InChI=1S/C27H44N4O4/c1-5-27(14-7-9-16-31(4)19-27)21-11-10-13-23(17-21)35-26(34)29-15-8-6-12-22(18-32)30-25(33)24(28)20(2)3/h10-11,13,17-18,20,22,24H,5-9,12,14-16,19,28H2,1-4H3,(H,29,34)(H,30,33)/t22?,24-,27?/m0/s1. The van der Waals surface area contributed by atoms with Crippen molar-refractivity contribution >= 4 is 18.3 Å². The van der Waals surface area contributed by atoms with E-state index in [4.69, 9.17) is 10.5 Å². The number of rotatable bonds is 12. The van der Waals surface area contributed by atoms with Crippen LogP contribution in [0.5, 0.6) is 5.75 Å². The molecule has 1 fully saturated rings. The van der Waals surface area contributed by atoms with Gasteiger partial charge in [0.1, 0.15) is 12.0 Å². The Bertz CT molecular complexity index is 831. The molecule has 4 N–H and O–H groups in total. The topological polar surface area (TPSA) is 114 Å². The van der Waals surface area contributed by atoms with E-state index in [9.17, 15) is 14.4 Å². The minimum Gasteiger partial charge on any atom is -0.410 e. The Morgan fingerprint density at radius 2 is 2.03 bits per heavy atom. The molecule has 0 radical (unpaired) electrons. The zero-order chi connectivity index (χ0) is 25.8. The summed E-state index contributed by atoms with van der Waals surface area (Å²) in [5.41, 5.74) is 7.12. The maximum absolute atomic E-state index is 12.3. The predicted molar refractivity (Wildman–Crippen MR) is 138 cm³/mol. The van der Waals surface area contributed by atoms with Crippen molar-refractivity contribution in [2.45, 2.75) is 83.2 Å². The van der Waals surface area contributed by atoms with Gasteiger partial charge in [0.25, 0.3) is 0 Å². The van der Waals surface area contributed by atoms with Crippen molar-refractivity contribution in [3.8, 4) is 5.75 Å². The molecule has 0 aliphatic carbocycles. The molecule has 2 rings (SSSR count). The number of ether oxygens (including phenoxy) is 1. The Labute approximate surface area is 210 Å². The van der Waals surface area contributed by atoms with Crippen LogP contribution in [-0.2, 0) is 15.0 Å². The van der Waals surface area contributed by atoms with E-state index >= 15 is 0 Å². The summed E-state index contributed by atoms with van der Waals surface area (Å²) in [5.74, 6) is 0.227. The summed E-state index contributed by atoms with van der Waals surface area (Å²) < 4.78 is 5.55. The highest BCUT2D eigenvalue weighted by atomic mass is 16.6. The normalized spacial score (nSPS) is 20.5. The van der Waals surface area contributed by atoms with Crippen LogP contribution in [-0.4, -0.2) is 62.0 Å². The molecule has 1 heterocycles. The van der Waals surface area contributed by atoms with Crippen LogP contribution < -0.4 is 21.1 Å². The van der Waals surface area contributed by atoms with Crippen molar-refractivity contribution < 1.29 is 19.1 Å². The van der Waals surface area contributed by atoms with Gasteiger partial charge in [-0.3, -0.25) is 4.79 Å². The number of amides is 2. The van der Waals surface area contributed by atoms with Crippen molar-refractivity contribution in [2.24, 2.45) is 11.7 Å². The summed E-state index contributed by atoms with van der Waals surface area (Å²) in [4.78, 5) is 38.0. The van der Waals surface area contributed by atoms with Crippen LogP contribution in [0, 0.1) is 5.92 Å². The van der Waals surface area contributed by atoms with E-state index < -0.39 is 18.2 Å². The van der Waals surface area contributed by atoms with Gasteiger partial charge in [0.2, 0.25) is 5.91 Å². The molecular weight excluding hydrogens is 444 g/mol. The predicted octanol–water partition coefficient (Wildman–Crippen LogP) is 3.38. The highest BCUT2D eigenvalue weighted by Crippen LogP contribution is 2.37. The van der Waals surface area contributed by atoms with Gasteiger partial charge in [-0.2, -0.15) is 0 Å². The third-order valence-corrected chi connectivity index (χ3v) is 7.08. The smallest absolute Gasteiger partial charge is 0.410 e. The molecule has 2 amide bonds. The number of unbranched alkanes of at least 4 members (excludes halogenated alkanes) is 1. The van der Waals surface area contributed by atoms with Crippen molar-refractivity contribution in [2.75, 3.05) is 26.7 Å². The van der Waals surface area contributed by atoms with Gasteiger partial charge >= 0.3 is 6.09 Å². The van der Waals surface area contributed by atoms with E-state index in [1.54, 1.807) is 0 Å². The molecule has 1 aliphatic heterocycles. The molecule has 1 aromatic carbocycles. The first-order valence-corrected chi connectivity index (χ1v) is 13.0. The summed E-state index contributed by atoms with van der Waals surface area (Å²) in [6.07, 6.45) is 6.65. The van der Waals surface area contributed by atoms with Gasteiger partial charge in [-0.05, 0) is 75.7 Å². The molecule has 2 unspecified atom stereocenters. The van der Waals surface area contributed by atoms with E-state index in [1.165, 1.54) is 18.4 Å². The summed E-state index contributed by atoms with van der Waals surface area (Å²) in [7, 11) is 2.18. The number of aldehydes is 1. The molecule has 196 valence electrons. The first kappa shape index (κ1) is 28.8. The maximum Gasteiger partial charge on any atom is 0.412 e. The number of carbonyl (C=O) groups excluding carboxylic acids is 3. The zero-order valence-electron chi connectivity index (χ0n) is 21.8. The summed E-state index contributed by atoms with van der Waals surface area (Å²) >= 11 is 0. The van der Waals surface area contributed by atoms with Crippen LogP contribution in [0.3, 0.4) is 0 Å². The summed E-state index contributed by atoms with van der Waals surface area (Å²) in [5, 5.41) is 5.45. The Morgan fingerprint density at radius 1 is 1.26 bits per heavy atom. The quantitative estimate of drug-likeness (QED) is 0.307. The van der Waals surface area contributed by atoms with E-state index in [-0.39, 0.29) is 17.2 Å². The van der Waals surface area contributed by atoms with Crippen molar-refractivity contribution in [1.82, 2.24) is 15.5 Å². The fourth-order valence-electron chi connectivity index (χ4n) is 4.72. The number of likely N-dealkylation sites (N-methyl/N-ethyl adjacent to an activating group) is 1. The zero-order valence-corrected chi connectivity index (χ0v) is 21.8. The molecule has 1 aliphatic rings. The molecule has 35 heavy (non-hydrogen) atoms. The Hall–Kier alpha value is -2.45. The van der Waals surface area contributed by atoms with Gasteiger partial charge in [-0.25, -0.2) is 4.79 Å². The van der Waals surface area contributed by atoms with Crippen LogP contribution in [0.15, 0.2) is 24.3 Å². The second-order valence-corrected chi connectivity index (χ2v) is 10.2. The maximum atomic E-state index is 12.3. The number of likely N-dealkylation sites (tertiary alicyclic amines) is 1. The Balaban J connectivity index is 1.79. The Morgan fingerprint density at radius 3 is 2.71 bits per heavy atom. The average molecular weight is 489 g/mol. The first-order valence-electron chi connectivity index (χ1n) is 13.0. The Kier molecular flexibility index (Phi) is 11.7. The van der Waals surface area contributed by atoms with Crippen LogP contribution in [0.25, 0.3) is 0 Å². The molecular formula is C27H44N4O4. The first-order chi connectivity index (χ1) is 16.7. The van der Waals surface area contributed by atoms with Crippen molar-refractivity contribution in [1.29, 1.82) is 0 Å². The third kappa shape index (κ3) is 8.93. The number of benzene rings is 1. The molecule has 8 nitrogen and oxygen atoms in total. The molecule has 1 saturated heterocycles. The fourth-order valence-corrected chi connectivity index (χ4v) is 4.72. The number of nitrogens with one attached hydrogen (secondary N) is 2. The highest BCUT2D eigenvalue weighted by molar-refractivity contribution is 5.84. The van der Waals surface area contributed by atoms with Gasteiger partial charge in [0, 0.05) is 18.5 Å². The minimum atomic E-state index is -0.636. The van der Waals surface area contributed by atoms with E-state index in [1.807, 2.05) is 32.0 Å². The van der Waals surface area contributed by atoms with Gasteiger partial charge in [-0.15, -0.1) is 0 Å². The monoisotopic (exact) mass is 488 g/mol. The molecule has 0 saturated carbocycles. The van der Waals surface area contributed by atoms with Crippen LogP contribution in [0.2, 0.25) is 0 Å². The fraction of sp³-hybridized carbons (Fsp3) is 0.667. The number of hydrogen-bond donors (Lipinski definition) is 3. The van der Waals surface area contributed by atoms with Crippen LogP contribution in [0.1, 0.15) is 71.3 Å². The number of nitrogens with two attached hydrogens (primary N) is 1. The van der Waals surface area contributed by atoms with Gasteiger partial charge < -0.3 is 30.8 Å². The van der Waals surface area contributed by atoms with Gasteiger partial charge in [0.15, 0.2) is 0 Å². The molecule has 0 aromatic heterocycles. The third-order valence-electron chi connectivity index (χ3n) is 7.08. The lowest BCUT2D eigenvalue weighted by Gasteiger charge is -2.35. The highest BCUT2D eigenvalue weighted by Gasteiger charge is 2.33. The van der Waals surface area contributed by atoms with Crippen LogP contribution in [0.4, 0.5) is 4.79 Å². The minimum absolute atomic E-state index is 0.000722. The largest absolute Gasteiger partial charge is 0.412 e. The average Bonchev–Trinajstić information content (AvgIpc) is 3.04. The lowest BCUT2D eigenvalue weighted by molar-refractivity contribution is -0.126. The number of hydrogen-bond acceptors (Lipinski definition) is 6. The lowest BCUT2D eigenvalue weighted by atomic mass is 9.74. The molecule has 0 spiro atoms. The number of nitrogens with zero attached hydrogens (tertiary/aromatic N) is 1. The van der Waals surface area contributed by atoms with Gasteiger partial charge in [0.05, 0.1) is 12.1 Å². The summed E-state index contributed by atoms with van der Waals surface area (Å²) in [6, 6.07) is 6.70. The lowest BCUT2D eigenvalue weighted by Crippen LogP contribution is -2.48. The van der Waals surface area contributed by atoms with E-state index in [0.717, 1.165) is 32.2 Å². The SMILES string of the molecule is CCC1(c2cccc(OC(=O)NCCCCC(C=O)NC(=O)[C@@H](N)C(C)C)c2)CCCCN(C)C1. The van der Waals surface area contributed by atoms with Crippen LogP contribution >= 0.6 is 0 Å². The second-order valence-electron chi connectivity index (χ2n) is 10.2. The summed E-state index contributed by atoms with van der Waals surface area (Å²) in [6.45, 7) is 8.50. The number of carbonyl (C=O) groups is 3. The van der Waals surface area contributed by atoms with E-state index in [2.05, 4.69) is 35.6 Å². The molecule has 1 aromatic rings. The second kappa shape index (κ2) is 14.2. The molecule has 0 bridgehead atoms. The molecule has 8 heteroatoms. The van der Waals surface area contributed by atoms with E-state index in [0.29, 0.717) is 31.6 Å². The van der Waals surface area contributed by atoms with Crippen molar-refractivity contribution in [3.05, 3.63) is 29.8 Å². The van der Waals surface area contributed by atoms with Gasteiger partial charge in [-0.1, -0.05) is 39.3 Å².